The molecule has 0 saturated heterocycles. The first-order chi connectivity index (χ1) is 12.5. The molecule has 156 valence electrons. The normalized spacial score (nSPS) is 11.8. The molecule has 0 heterocycles. The zero-order valence-electron chi connectivity index (χ0n) is 16.5. The van der Waals surface area contributed by atoms with E-state index in [0.717, 1.165) is 31.1 Å². The molecule has 0 aromatic heterocycles. The molecule has 0 fully saturated rings. The molecule has 0 unspecified atom stereocenters. The van der Waals surface area contributed by atoms with Gasteiger partial charge in [0.15, 0.2) is 5.96 Å². The highest BCUT2D eigenvalue weighted by molar-refractivity contribution is 14.0. The quantitative estimate of drug-likeness (QED) is 0.195. The van der Waals surface area contributed by atoms with Crippen molar-refractivity contribution in [1.29, 1.82) is 0 Å². The minimum atomic E-state index is -3.12. The molecule has 0 atom stereocenters. The molecule has 1 rings (SSSR count). The van der Waals surface area contributed by atoms with Crippen molar-refractivity contribution in [2.75, 3.05) is 45.6 Å². The maximum atomic E-state index is 11.6. The van der Waals surface area contributed by atoms with Crippen LogP contribution in [0.4, 0.5) is 0 Å². The van der Waals surface area contributed by atoms with Gasteiger partial charge in [0.2, 0.25) is 10.0 Å². The van der Waals surface area contributed by atoms with Crippen LogP contribution >= 0.6 is 24.0 Å². The van der Waals surface area contributed by atoms with E-state index in [1.165, 1.54) is 10.6 Å². The van der Waals surface area contributed by atoms with Gasteiger partial charge in [0, 0.05) is 39.1 Å². The summed E-state index contributed by atoms with van der Waals surface area (Å²) in [5, 5.41) is 6.43. The van der Waals surface area contributed by atoms with Gasteiger partial charge in [0.25, 0.3) is 0 Å². The number of hydrogen-bond donors (Lipinski definition) is 2. The Morgan fingerprint density at radius 3 is 2.44 bits per heavy atom. The van der Waals surface area contributed by atoms with Gasteiger partial charge in [-0.2, -0.15) is 0 Å². The molecule has 0 aliphatic heterocycles. The fourth-order valence-electron chi connectivity index (χ4n) is 2.32. The zero-order chi connectivity index (χ0) is 19.3. The van der Waals surface area contributed by atoms with Crippen LogP contribution in [0.15, 0.2) is 35.3 Å². The van der Waals surface area contributed by atoms with Gasteiger partial charge in [-0.15, -0.1) is 24.0 Å². The number of aliphatic imine (C=N–C) groups is 1. The molecule has 0 amide bonds. The van der Waals surface area contributed by atoms with Crippen molar-refractivity contribution in [3.05, 3.63) is 30.3 Å². The number of nitrogens with one attached hydrogen (secondary N) is 2. The van der Waals surface area contributed by atoms with Gasteiger partial charge >= 0.3 is 0 Å². The van der Waals surface area contributed by atoms with Gasteiger partial charge in [0.05, 0.1) is 12.9 Å². The molecule has 1 aromatic carbocycles. The second-order valence-corrected chi connectivity index (χ2v) is 7.79. The lowest BCUT2D eigenvalue weighted by Crippen LogP contribution is -2.39. The number of halogens is 1. The summed E-state index contributed by atoms with van der Waals surface area (Å²) in [6.07, 6.45) is 2.79. The molecule has 7 nitrogen and oxygen atoms in total. The second-order valence-electron chi connectivity index (χ2n) is 5.81. The zero-order valence-corrected chi connectivity index (χ0v) is 19.6. The molecule has 0 spiro atoms. The summed E-state index contributed by atoms with van der Waals surface area (Å²) in [7, 11) is -3.12. The number of sulfonamides is 1. The van der Waals surface area contributed by atoms with Crippen LogP contribution in [0.2, 0.25) is 0 Å². The third kappa shape index (κ3) is 12.1. The second kappa shape index (κ2) is 14.9. The SMILES string of the molecule is CCNC(=NCCCOc1ccccc1)NCCCN(CC)S(C)(=O)=O.I. The van der Waals surface area contributed by atoms with Crippen LogP contribution in [0.1, 0.15) is 26.7 Å². The highest BCUT2D eigenvalue weighted by Crippen LogP contribution is 2.08. The molecule has 9 heteroatoms. The maximum Gasteiger partial charge on any atom is 0.211 e. The van der Waals surface area contributed by atoms with E-state index in [0.29, 0.717) is 32.8 Å². The molecule has 1 aromatic rings. The highest BCUT2D eigenvalue weighted by Gasteiger charge is 2.13. The Morgan fingerprint density at radius 2 is 1.85 bits per heavy atom. The maximum absolute atomic E-state index is 11.6. The van der Waals surface area contributed by atoms with Crippen molar-refractivity contribution in [2.45, 2.75) is 26.7 Å². The van der Waals surface area contributed by atoms with Gasteiger partial charge in [-0.1, -0.05) is 25.1 Å². The number of para-hydroxylation sites is 1. The molecule has 0 aliphatic carbocycles. The molecule has 0 saturated carbocycles. The molecular weight excluding hydrogens is 479 g/mol. The van der Waals surface area contributed by atoms with Crippen molar-refractivity contribution < 1.29 is 13.2 Å². The summed E-state index contributed by atoms with van der Waals surface area (Å²) >= 11 is 0. The van der Waals surface area contributed by atoms with Crippen LogP contribution < -0.4 is 15.4 Å². The summed E-state index contributed by atoms with van der Waals surface area (Å²) in [5.41, 5.74) is 0. The minimum Gasteiger partial charge on any atom is -0.494 e. The van der Waals surface area contributed by atoms with E-state index < -0.39 is 10.0 Å². The van der Waals surface area contributed by atoms with E-state index in [1.54, 1.807) is 0 Å². The van der Waals surface area contributed by atoms with Crippen molar-refractivity contribution in [3.63, 3.8) is 0 Å². The Balaban J connectivity index is 0.00000676. The summed E-state index contributed by atoms with van der Waals surface area (Å²) < 4.78 is 30.2. The Morgan fingerprint density at radius 1 is 1.15 bits per heavy atom. The van der Waals surface area contributed by atoms with Crippen molar-refractivity contribution in [2.24, 2.45) is 4.99 Å². The van der Waals surface area contributed by atoms with Gasteiger partial charge in [-0.25, -0.2) is 12.7 Å². The number of ether oxygens (including phenoxy) is 1. The van der Waals surface area contributed by atoms with Crippen LogP contribution in [0.5, 0.6) is 5.75 Å². The molecule has 0 radical (unpaired) electrons. The largest absolute Gasteiger partial charge is 0.494 e. The van der Waals surface area contributed by atoms with Crippen molar-refractivity contribution >= 4 is 40.0 Å². The summed E-state index contributed by atoms with van der Waals surface area (Å²) in [5.74, 6) is 1.61. The first-order valence-corrected chi connectivity index (χ1v) is 11.0. The lowest BCUT2D eigenvalue weighted by molar-refractivity contribution is 0.313. The summed E-state index contributed by atoms with van der Waals surface area (Å²) in [4.78, 5) is 4.51. The average Bonchev–Trinajstić information content (AvgIpc) is 2.61. The Bertz CT molecular complexity index is 627. The van der Waals surface area contributed by atoms with E-state index in [2.05, 4.69) is 15.6 Å². The standard InChI is InChI=1S/C18H32N4O3S.HI/c1-4-19-18(20-13-9-15-22(5-2)26(3,23)24)21-14-10-16-25-17-11-7-6-8-12-17;/h6-8,11-12H,4-5,9-10,13-16H2,1-3H3,(H2,19,20,21);1H. The average molecular weight is 512 g/mol. The molecule has 2 N–H and O–H groups in total. The lowest BCUT2D eigenvalue weighted by Gasteiger charge is -2.18. The summed E-state index contributed by atoms with van der Waals surface area (Å²) in [6.45, 7) is 7.57. The number of benzene rings is 1. The number of nitrogens with zero attached hydrogens (tertiary/aromatic N) is 2. The van der Waals surface area contributed by atoms with Crippen LogP contribution in [-0.2, 0) is 10.0 Å². The predicted octanol–water partition coefficient (Wildman–Crippen LogP) is 2.30. The fraction of sp³-hybridized carbons (Fsp3) is 0.611. The number of guanidine groups is 1. The Kier molecular flexibility index (Phi) is 14.3. The third-order valence-corrected chi connectivity index (χ3v) is 5.01. The van der Waals surface area contributed by atoms with Crippen molar-refractivity contribution in [1.82, 2.24) is 14.9 Å². The third-order valence-electron chi connectivity index (χ3n) is 3.63. The monoisotopic (exact) mass is 512 g/mol. The van der Waals surface area contributed by atoms with Gasteiger partial charge in [-0.3, -0.25) is 4.99 Å². The Labute approximate surface area is 181 Å². The predicted molar refractivity (Wildman–Crippen MR) is 123 cm³/mol. The van der Waals surface area contributed by atoms with Gasteiger partial charge in [-0.05, 0) is 25.5 Å². The Hall–Kier alpha value is -1.07. The minimum absolute atomic E-state index is 0. The fourth-order valence-corrected chi connectivity index (χ4v) is 3.25. The number of hydrogen-bond acceptors (Lipinski definition) is 4. The first kappa shape index (κ1) is 25.9. The smallest absolute Gasteiger partial charge is 0.211 e. The van der Waals surface area contributed by atoms with Crippen LogP contribution in [0.25, 0.3) is 0 Å². The highest BCUT2D eigenvalue weighted by atomic mass is 127. The van der Waals surface area contributed by atoms with E-state index >= 15 is 0 Å². The molecule has 27 heavy (non-hydrogen) atoms. The molecule has 0 bridgehead atoms. The van der Waals surface area contributed by atoms with E-state index in [9.17, 15) is 8.42 Å². The first-order valence-electron chi connectivity index (χ1n) is 9.12. The van der Waals surface area contributed by atoms with Gasteiger partial charge in [0.1, 0.15) is 5.75 Å². The summed E-state index contributed by atoms with van der Waals surface area (Å²) in [6, 6.07) is 9.73. The van der Waals surface area contributed by atoms with E-state index in [-0.39, 0.29) is 24.0 Å². The lowest BCUT2D eigenvalue weighted by atomic mass is 10.3. The topological polar surface area (TPSA) is 83.0 Å². The van der Waals surface area contributed by atoms with E-state index in [4.69, 9.17) is 4.74 Å². The van der Waals surface area contributed by atoms with Crippen LogP contribution in [-0.4, -0.2) is 64.3 Å². The van der Waals surface area contributed by atoms with Crippen molar-refractivity contribution in [3.8, 4) is 5.75 Å². The molecule has 0 aliphatic rings. The number of rotatable bonds is 12. The van der Waals surface area contributed by atoms with Crippen LogP contribution in [0.3, 0.4) is 0 Å². The molecular formula is C18H33IN4O3S. The van der Waals surface area contributed by atoms with Gasteiger partial charge < -0.3 is 15.4 Å². The van der Waals surface area contributed by atoms with E-state index in [1.807, 2.05) is 44.2 Å². The van der Waals surface area contributed by atoms with Crippen LogP contribution in [0, 0.1) is 0 Å².